The van der Waals surface area contributed by atoms with Crippen molar-refractivity contribution in [3.63, 3.8) is 0 Å². The number of hydrogen-bond acceptors (Lipinski definition) is 3. The van der Waals surface area contributed by atoms with Crippen LogP contribution in [0.5, 0.6) is 5.75 Å². The smallest absolute Gasteiger partial charge is 0.258 e. The summed E-state index contributed by atoms with van der Waals surface area (Å²) in [5.74, 6) is 0.150. The molecule has 0 radical (unpaired) electrons. The standard InChI is InChI=1S/C18H18Cl2N2O3/c1-13(23)22(16-9-5-8-15(19)18(16)20)11-10-21-17(24)12-25-14-6-3-2-4-7-14/h2-9H,10-12H2,1H3,(H,21,24). The molecule has 1 N–H and O–H groups in total. The summed E-state index contributed by atoms with van der Waals surface area (Å²) in [5.41, 5.74) is 0.511. The Morgan fingerprint density at radius 1 is 1.08 bits per heavy atom. The molecule has 2 aromatic carbocycles. The van der Waals surface area contributed by atoms with Gasteiger partial charge in [-0.15, -0.1) is 0 Å². The molecule has 2 amide bonds. The Labute approximate surface area is 156 Å². The van der Waals surface area contributed by atoms with Gasteiger partial charge in [0.2, 0.25) is 5.91 Å². The van der Waals surface area contributed by atoms with Crippen LogP contribution in [0.25, 0.3) is 0 Å². The minimum Gasteiger partial charge on any atom is -0.484 e. The lowest BCUT2D eigenvalue weighted by atomic mass is 10.2. The van der Waals surface area contributed by atoms with E-state index in [0.29, 0.717) is 21.5 Å². The van der Waals surface area contributed by atoms with E-state index in [4.69, 9.17) is 27.9 Å². The third kappa shape index (κ3) is 5.66. The summed E-state index contributed by atoms with van der Waals surface area (Å²) in [5, 5.41) is 3.38. The number of para-hydroxylation sites is 1. The van der Waals surface area contributed by atoms with E-state index >= 15 is 0 Å². The number of hydrogen-bond donors (Lipinski definition) is 1. The third-order valence-electron chi connectivity index (χ3n) is 3.37. The SMILES string of the molecule is CC(=O)N(CCNC(=O)COc1ccccc1)c1cccc(Cl)c1Cl. The Kier molecular flexibility index (Phi) is 7.10. The quantitative estimate of drug-likeness (QED) is 0.798. The number of carbonyl (C=O) groups is 2. The lowest BCUT2D eigenvalue weighted by Gasteiger charge is -2.23. The normalized spacial score (nSPS) is 10.2. The van der Waals surface area contributed by atoms with E-state index in [1.165, 1.54) is 11.8 Å². The van der Waals surface area contributed by atoms with Gasteiger partial charge in [0.1, 0.15) is 5.75 Å². The molecule has 0 heterocycles. The van der Waals surface area contributed by atoms with Crippen LogP contribution in [-0.2, 0) is 9.59 Å². The van der Waals surface area contributed by atoms with Crippen LogP contribution in [0, 0.1) is 0 Å². The highest BCUT2D eigenvalue weighted by Crippen LogP contribution is 2.32. The van der Waals surface area contributed by atoms with Crippen LogP contribution in [0.4, 0.5) is 5.69 Å². The van der Waals surface area contributed by atoms with Crippen LogP contribution in [-0.4, -0.2) is 31.5 Å². The van der Waals surface area contributed by atoms with Gasteiger partial charge in [0.05, 0.1) is 15.7 Å². The first kappa shape index (κ1) is 19.1. The number of carbonyl (C=O) groups excluding carboxylic acids is 2. The fraction of sp³-hybridized carbons (Fsp3) is 0.222. The largest absolute Gasteiger partial charge is 0.484 e. The first-order valence-corrected chi connectivity index (χ1v) is 8.41. The summed E-state index contributed by atoms with van der Waals surface area (Å²) in [7, 11) is 0. The predicted octanol–water partition coefficient (Wildman–Crippen LogP) is 3.54. The maximum atomic E-state index is 11.9. The molecule has 0 fully saturated rings. The third-order valence-corrected chi connectivity index (χ3v) is 4.18. The number of nitrogens with one attached hydrogen (secondary N) is 1. The number of nitrogens with zero attached hydrogens (tertiary/aromatic N) is 1. The van der Waals surface area contributed by atoms with Crippen LogP contribution in [0.15, 0.2) is 48.5 Å². The molecular weight excluding hydrogens is 363 g/mol. The summed E-state index contributed by atoms with van der Waals surface area (Å²) in [6.07, 6.45) is 0. The summed E-state index contributed by atoms with van der Waals surface area (Å²) < 4.78 is 5.36. The molecule has 0 atom stereocenters. The number of ether oxygens (including phenoxy) is 1. The molecule has 2 aromatic rings. The van der Waals surface area contributed by atoms with Crippen molar-refractivity contribution in [2.75, 3.05) is 24.6 Å². The summed E-state index contributed by atoms with van der Waals surface area (Å²) in [6, 6.07) is 14.1. The van der Waals surface area contributed by atoms with Gasteiger partial charge in [-0.3, -0.25) is 9.59 Å². The monoisotopic (exact) mass is 380 g/mol. The summed E-state index contributed by atoms with van der Waals surface area (Å²) in [4.78, 5) is 25.2. The molecule has 0 bridgehead atoms. The summed E-state index contributed by atoms with van der Waals surface area (Å²) in [6.45, 7) is 1.87. The summed E-state index contributed by atoms with van der Waals surface area (Å²) >= 11 is 12.1. The predicted molar refractivity (Wildman–Crippen MR) is 99.4 cm³/mol. The number of rotatable bonds is 7. The van der Waals surface area contributed by atoms with Gasteiger partial charge in [-0.05, 0) is 24.3 Å². The molecule has 0 saturated carbocycles. The van der Waals surface area contributed by atoms with Crippen LogP contribution in [0.2, 0.25) is 10.0 Å². The highest BCUT2D eigenvalue weighted by Gasteiger charge is 2.16. The molecule has 5 nitrogen and oxygen atoms in total. The zero-order chi connectivity index (χ0) is 18.2. The molecule has 7 heteroatoms. The molecule has 132 valence electrons. The molecule has 0 spiro atoms. The molecule has 25 heavy (non-hydrogen) atoms. The van der Waals surface area contributed by atoms with E-state index in [0.717, 1.165) is 0 Å². The lowest BCUT2D eigenvalue weighted by molar-refractivity contribution is -0.123. The van der Waals surface area contributed by atoms with Gasteiger partial charge in [-0.2, -0.15) is 0 Å². The van der Waals surface area contributed by atoms with Crippen molar-refractivity contribution < 1.29 is 14.3 Å². The van der Waals surface area contributed by atoms with Gasteiger partial charge >= 0.3 is 0 Å². The first-order valence-electron chi connectivity index (χ1n) is 7.65. The van der Waals surface area contributed by atoms with Gasteiger partial charge in [-0.1, -0.05) is 47.5 Å². The zero-order valence-electron chi connectivity index (χ0n) is 13.7. The molecule has 0 aliphatic heterocycles. The number of halogens is 2. The fourth-order valence-electron chi connectivity index (χ4n) is 2.17. The molecule has 0 unspecified atom stereocenters. The average Bonchev–Trinajstić information content (AvgIpc) is 2.60. The number of amides is 2. The second-order valence-corrected chi connectivity index (χ2v) is 5.98. The molecule has 0 aromatic heterocycles. The van der Waals surface area contributed by atoms with Gasteiger partial charge in [0, 0.05) is 20.0 Å². The van der Waals surface area contributed by atoms with E-state index in [1.54, 1.807) is 30.3 Å². The van der Waals surface area contributed by atoms with Crippen molar-refractivity contribution in [2.24, 2.45) is 0 Å². The lowest BCUT2D eigenvalue weighted by Crippen LogP contribution is -2.39. The number of anilines is 1. The van der Waals surface area contributed by atoms with Crippen LogP contribution in [0.3, 0.4) is 0 Å². The highest BCUT2D eigenvalue weighted by molar-refractivity contribution is 6.44. The second kappa shape index (κ2) is 9.30. The van der Waals surface area contributed by atoms with Crippen molar-refractivity contribution in [1.29, 1.82) is 0 Å². The Balaban J connectivity index is 1.86. The average molecular weight is 381 g/mol. The van der Waals surface area contributed by atoms with Crippen molar-refractivity contribution in [2.45, 2.75) is 6.92 Å². The topological polar surface area (TPSA) is 58.6 Å². The van der Waals surface area contributed by atoms with E-state index in [9.17, 15) is 9.59 Å². The van der Waals surface area contributed by atoms with Gasteiger partial charge in [0.15, 0.2) is 6.61 Å². The molecule has 0 aliphatic carbocycles. The molecule has 2 rings (SSSR count). The van der Waals surface area contributed by atoms with E-state index < -0.39 is 0 Å². The zero-order valence-corrected chi connectivity index (χ0v) is 15.2. The molecule has 0 saturated heterocycles. The van der Waals surface area contributed by atoms with E-state index in [1.807, 2.05) is 18.2 Å². The Morgan fingerprint density at radius 3 is 2.48 bits per heavy atom. The fourth-order valence-corrected chi connectivity index (χ4v) is 2.57. The van der Waals surface area contributed by atoms with E-state index in [2.05, 4.69) is 5.32 Å². The minimum absolute atomic E-state index is 0.0952. The van der Waals surface area contributed by atoms with Crippen molar-refractivity contribution >= 4 is 40.7 Å². The van der Waals surface area contributed by atoms with Crippen LogP contribution >= 0.6 is 23.2 Å². The minimum atomic E-state index is -0.274. The van der Waals surface area contributed by atoms with Crippen LogP contribution < -0.4 is 15.0 Å². The Hall–Kier alpha value is -2.24. The molecular formula is C18H18Cl2N2O3. The maximum absolute atomic E-state index is 11.9. The number of benzene rings is 2. The van der Waals surface area contributed by atoms with Crippen molar-refractivity contribution in [1.82, 2.24) is 5.32 Å². The van der Waals surface area contributed by atoms with Gasteiger partial charge < -0.3 is 15.0 Å². The second-order valence-electron chi connectivity index (χ2n) is 5.20. The van der Waals surface area contributed by atoms with Gasteiger partial charge in [-0.25, -0.2) is 0 Å². The van der Waals surface area contributed by atoms with Crippen molar-refractivity contribution in [3.8, 4) is 5.75 Å². The first-order chi connectivity index (χ1) is 12.0. The highest BCUT2D eigenvalue weighted by atomic mass is 35.5. The Bertz CT molecular complexity index is 738. The van der Waals surface area contributed by atoms with Crippen LogP contribution in [0.1, 0.15) is 6.92 Å². The Morgan fingerprint density at radius 2 is 1.80 bits per heavy atom. The van der Waals surface area contributed by atoms with E-state index in [-0.39, 0.29) is 31.5 Å². The maximum Gasteiger partial charge on any atom is 0.258 e. The van der Waals surface area contributed by atoms with Gasteiger partial charge in [0.25, 0.3) is 5.91 Å². The molecule has 0 aliphatic rings. The van der Waals surface area contributed by atoms with Crippen molar-refractivity contribution in [3.05, 3.63) is 58.6 Å².